The van der Waals surface area contributed by atoms with Crippen LogP contribution in [-0.4, -0.2) is 7.11 Å². The van der Waals surface area contributed by atoms with Crippen molar-refractivity contribution in [3.63, 3.8) is 0 Å². The molecular formula is C17H22O2. The molecule has 0 bridgehead atoms. The molecule has 19 heavy (non-hydrogen) atoms. The summed E-state index contributed by atoms with van der Waals surface area (Å²) in [5, 5.41) is 0. The van der Waals surface area contributed by atoms with Crippen molar-refractivity contribution >= 4 is 0 Å². The highest BCUT2D eigenvalue weighted by atomic mass is 16.5. The molecule has 0 N–H and O–H groups in total. The first-order valence-corrected chi connectivity index (χ1v) is 6.75. The Kier molecular flexibility index (Phi) is 3.87. The lowest BCUT2D eigenvalue weighted by Gasteiger charge is -2.38. The van der Waals surface area contributed by atoms with E-state index in [4.69, 9.17) is 15.6 Å². The molecule has 1 aliphatic carbocycles. The Bertz CT molecular complexity index is 518. The fourth-order valence-corrected chi connectivity index (χ4v) is 3.13. The van der Waals surface area contributed by atoms with Crippen LogP contribution in [0.1, 0.15) is 44.6 Å². The van der Waals surface area contributed by atoms with Crippen molar-refractivity contribution in [1.29, 1.82) is 0 Å². The van der Waals surface area contributed by atoms with Crippen molar-refractivity contribution < 1.29 is 9.15 Å². The molecule has 3 atom stereocenters. The van der Waals surface area contributed by atoms with Crippen LogP contribution in [0.4, 0.5) is 0 Å². The molecule has 0 saturated heterocycles. The monoisotopic (exact) mass is 258 g/mol. The van der Waals surface area contributed by atoms with Crippen LogP contribution in [0.5, 0.6) is 0 Å². The number of ether oxygens (including phenoxy) is 1. The van der Waals surface area contributed by atoms with Gasteiger partial charge in [0.2, 0.25) is 0 Å². The molecule has 0 spiro atoms. The van der Waals surface area contributed by atoms with Crippen molar-refractivity contribution in [2.75, 3.05) is 7.11 Å². The van der Waals surface area contributed by atoms with Crippen LogP contribution in [0.25, 0.3) is 0 Å². The summed E-state index contributed by atoms with van der Waals surface area (Å²) in [5.74, 6) is 4.09. The third kappa shape index (κ3) is 2.13. The Morgan fingerprint density at radius 1 is 1.63 bits per heavy atom. The second kappa shape index (κ2) is 5.27. The van der Waals surface area contributed by atoms with E-state index in [1.807, 2.05) is 6.07 Å². The van der Waals surface area contributed by atoms with Gasteiger partial charge in [-0.1, -0.05) is 25.5 Å². The molecule has 102 valence electrons. The number of allylic oxidation sites excluding steroid dienone is 1. The number of hydrogen-bond acceptors (Lipinski definition) is 2. The lowest BCUT2D eigenvalue weighted by atomic mass is 9.71. The number of terminal acetylenes is 1. The van der Waals surface area contributed by atoms with Gasteiger partial charge in [-0.15, -0.1) is 12.3 Å². The number of furan rings is 1. The van der Waals surface area contributed by atoms with Gasteiger partial charge in [0, 0.05) is 24.5 Å². The maximum absolute atomic E-state index is 5.81. The molecule has 0 fully saturated rings. The molecule has 0 aromatic carbocycles. The van der Waals surface area contributed by atoms with E-state index in [9.17, 15) is 0 Å². The van der Waals surface area contributed by atoms with Gasteiger partial charge < -0.3 is 9.15 Å². The van der Waals surface area contributed by atoms with E-state index in [2.05, 4.69) is 32.8 Å². The molecule has 0 aliphatic heterocycles. The molecule has 0 amide bonds. The van der Waals surface area contributed by atoms with Crippen molar-refractivity contribution in [2.24, 2.45) is 11.3 Å². The summed E-state index contributed by atoms with van der Waals surface area (Å²) in [6.07, 6.45) is 11.0. The van der Waals surface area contributed by atoms with Gasteiger partial charge in [0.15, 0.2) is 0 Å². The van der Waals surface area contributed by atoms with Gasteiger partial charge in [0.1, 0.15) is 11.9 Å². The van der Waals surface area contributed by atoms with Crippen molar-refractivity contribution in [1.82, 2.24) is 0 Å². The van der Waals surface area contributed by atoms with E-state index in [0.29, 0.717) is 12.3 Å². The topological polar surface area (TPSA) is 22.4 Å². The fourth-order valence-electron chi connectivity index (χ4n) is 3.13. The highest BCUT2D eigenvalue weighted by Gasteiger charge is 2.46. The van der Waals surface area contributed by atoms with Crippen molar-refractivity contribution in [2.45, 2.75) is 39.7 Å². The van der Waals surface area contributed by atoms with Crippen molar-refractivity contribution in [3.8, 4) is 12.3 Å². The Morgan fingerprint density at radius 2 is 2.37 bits per heavy atom. The summed E-state index contributed by atoms with van der Waals surface area (Å²) in [7, 11) is 1.75. The Labute approximate surface area is 115 Å². The molecule has 1 aromatic heterocycles. The normalized spacial score (nSPS) is 27.9. The lowest BCUT2D eigenvalue weighted by Crippen LogP contribution is -2.32. The molecule has 1 aliphatic rings. The predicted octanol–water partition coefficient (Wildman–Crippen LogP) is 4.14. The molecule has 1 aromatic rings. The molecular weight excluding hydrogens is 236 g/mol. The van der Waals surface area contributed by atoms with Gasteiger partial charge in [-0.25, -0.2) is 0 Å². The minimum Gasteiger partial charge on any atom is -0.466 e. The van der Waals surface area contributed by atoms with E-state index in [0.717, 1.165) is 17.7 Å². The van der Waals surface area contributed by atoms with Crippen LogP contribution in [0.15, 0.2) is 28.4 Å². The van der Waals surface area contributed by atoms with Gasteiger partial charge in [0.25, 0.3) is 0 Å². The minimum atomic E-state index is -0.0837. The zero-order valence-electron chi connectivity index (χ0n) is 12.2. The number of methoxy groups -OCH3 is 1. The summed E-state index contributed by atoms with van der Waals surface area (Å²) in [6.45, 7) is 6.70. The third-order valence-electron chi connectivity index (χ3n) is 4.74. The molecule has 1 heterocycles. The Hall–Kier alpha value is -1.46. The summed E-state index contributed by atoms with van der Waals surface area (Å²) in [6, 6.07) is 1.95. The number of rotatable bonds is 4. The second-order valence-electron chi connectivity index (χ2n) is 5.61. The first-order valence-electron chi connectivity index (χ1n) is 6.75. The smallest absolute Gasteiger partial charge is 0.137 e. The Balaban J connectivity index is 2.43. The van der Waals surface area contributed by atoms with E-state index in [1.165, 1.54) is 5.57 Å². The molecule has 2 heteroatoms. The SMILES string of the molecule is C#CCc1ccoc1[C@@H](OC)[C@]1(C)C(C)=CC[C@H]1C. The average molecular weight is 258 g/mol. The molecule has 2 nitrogen and oxygen atoms in total. The number of hydrogen-bond donors (Lipinski definition) is 0. The van der Waals surface area contributed by atoms with Crippen molar-refractivity contribution in [3.05, 3.63) is 35.3 Å². The summed E-state index contributed by atoms with van der Waals surface area (Å²) in [4.78, 5) is 0. The summed E-state index contributed by atoms with van der Waals surface area (Å²) < 4.78 is 11.5. The highest BCUT2D eigenvalue weighted by Crippen LogP contribution is 2.53. The lowest BCUT2D eigenvalue weighted by molar-refractivity contribution is -0.0213. The van der Waals surface area contributed by atoms with Crippen LogP contribution in [-0.2, 0) is 11.2 Å². The molecule has 0 radical (unpaired) electrons. The molecule has 0 saturated carbocycles. The van der Waals surface area contributed by atoms with E-state index in [1.54, 1.807) is 13.4 Å². The minimum absolute atomic E-state index is 0.0318. The zero-order chi connectivity index (χ0) is 14.0. The highest BCUT2D eigenvalue weighted by molar-refractivity contribution is 5.30. The largest absolute Gasteiger partial charge is 0.466 e. The molecule has 0 unspecified atom stereocenters. The average Bonchev–Trinajstić information content (AvgIpc) is 2.93. The van der Waals surface area contributed by atoms with Gasteiger partial charge in [-0.3, -0.25) is 0 Å². The first-order chi connectivity index (χ1) is 9.05. The van der Waals surface area contributed by atoms with Crippen LogP contribution in [0.2, 0.25) is 0 Å². The fraction of sp³-hybridized carbons (Fsp3) is 0.529. The molecule has 2 rings (SSSR count). The first kappa shape index (κ1) is 14.0. The standard InChI is InChI=1S/C17H22O2/c1-6-7-14-10-11-19-15(14)16(18-5)17(4)12(2)8-9-13(17)3/h1,8,10-11,13,16H,7,9H2,2-5H3/t13-,16-,17-/m1/s1. The van der Waals surface area contributed by atoms with E-state index >= 15 is 0 Å². The van der Waals surface area contributed by atoms with Crippen LogP contribution in [0, 0.1) is 23.7 Å². The summed E-state index contributed by atoms with van der Waals surface area (Å²) >= 11 is 0. The third-order valence-corrected chi connectivity index (χ3v) is 4.74. The van der Waals surface area contributed by atoms with Crippen LogP contribution >= 0.6 is 0 Å². The van der Waals surface area contributed by atoms with Crippen LogP contribution < -0.4 is 0 Å². The van der Waals surface area contributed by atoms with Gasteiger partial charge >= 0.3 is 0 Å². The maximum atomic E-state index is 5.81. The van der Waals surface area contributed by atoms with Gasteiger partial charge in [-0.2, -0.15) is 0 Å². The van der Waals surface area contributed by atoms with E-state index < -0.39 is 0 Å². The van der Waals surface area contributed by atoms with E-state index in [-0.39, 0.29) is 11.5 Å². The Morgan fingerprint density at radius 3 is 2.89 bits per heavy atom. The van der Waals surface area contributed by atoms with Crippen LogP contribution in [0.3, 0.4) is 0 Å². The summed E-state index contributed by atoms with van der Waals surface area (Å²) in [5.41, 5.74) is 2.40. The van der Waals surface area contributed by atoms with Gasteiger partial charge in [0.05, 0.1) is 6.26 Å². The predicted molar refractivity (Wildman–Crippen MR) is 76.6 cm³/mol. The van der Waals surface area contributed by atoms with Gasteiger partial charge in [-0.05, 0) is 25.3 Å². The maximum Gasteiger partial charge on any atom is 0.137 e. The zero-order valence-corrected chi connectivity index (χ0v) is 12.2. The second-order valence-corrected chi connectivity index (χ2v) is 5.61. The quantitative estimate of drug-likeness (QED) is 0.598.